The number of anilines is 1. The van der Waals surface area contributed by atoms with Gasteiger partial charge < -0.3 is 14.7 Å². The number of hydrogen-bond acceptors (Lipinski definition) is 5. The molecule has 154 valence electrons. The summed E-state index contributed by atoms with van der Waals surface area (Å²) in [7, 11) is 0. The minimum Gasteiger partial charge on any atom is -0.438 e. The van der Waals surface area contributed by atoms with Gasteiger partial charge in [0.05, 0.1) is 10.9 Å². The van der Waals surface area contributed by atoms with E-state index in [1.165, 1.54) is 12.0 Å². The molecule has 31 heavy (non-hydrogen) atoms. The molecule has 2 atom stereocenters. The zero-order chi connectivity index (χ0) is 20.8. The number of hydrogen-bond donors (Lipinski definition) is 1. The van der Waals surface area contributed by atoms with E-state index in [0.29, 0.717) is 30.2 Å². The number of aromatic nitrogens is 2. The smallest absolute Gasteiger partial charge is 0.230 e. The van der Waals surface area contributed by atoms with Crippen molar-refractivity contribution in [1.82, 2.24) is 9.97 Å². The Labute approximate surface area is 181 Å². The van der Waals surface area contributed by atoms with Crippen LogP contribution < -0.4 is 9.64 Å². The molecular weight excluding hydrogens is 386 g/mol. The molecule has 0 amide bonds. The summed E-state index contributed by atoms with van der Waals surface area (Å²) in [5.74, 6) is 3.19. The van der Waals surface area contributed by atoms with Gasteiger partial charge >= 0.3 is 0 Å². The summed E-state index contributed by atoms with van der Waals surface area (Å²) in [6.45, 7) is 2.45. The maximum absolute atomic E-state index is 9.37. The highest BCUT2D eigenvalue weighted by Gasteiger charge is 2.55. The molecule has 2 fully saturated rings. The van der Waals surface area contributed by atoms with Crippen molar-refractivity contribution in [3.05, 3.63) is 79.1 Å². The minimum atomic E-state index is 0.337. The second-order valence-corrected chi connectivity index (χ2v) is 8.45. The molecule has 4 aromatic rings. The highest BCUT2D eigenvalue weighted by Crippen LogP contribution is 2.52. The normalized spacial score (nSPS) is 21.8. The molecule has 5 heteroatoms. The fourth-order valence-corrected chi connectivity index (χ4v) is 4.89. The topological polar surface area (TPSA) is 58.5 Å². The predicted octanol–water partition coefficient (Wildman–Crippen LogP) is 4.76. The predicted molar refractivity (Wildman–Crippen MR) is 121 cm³/mol. The Morgan fingerprint density at radius 3 is 2.35 bits per heavy atom. The molecule has 1 aliphatic carbocycles. The van der Waals surface area contributed by atoms with Crippen LogP contribution in [0.5, 0.6) is 11.6 Å². The van der Waals surface area contributed by atoms with Crippen LogP contribution in [-0.2, 0) is 0 Å². The van der Waals surface area contributed by atoms with Crippen LogP contribution in [0.4, 0.5) is 5.69 Å². The molecular formula is C26H23N3O2. The number of fused-ring (bicyclic) bond motifs is 2. The summed E-state index contributed by atoms with van der Waals surface area (Å²) in [6.07, 6.45) is 1.54. The van der Waals surface area contributed by atoms with Gasteiger partial charge in [-0.1, -0.05) is 36.4 Å². The fraction of sp³-hybridized carbons (Fsp3) is 0.231. The van der Waals surface area contributed by atoms with Gasteiger partial charge in [-0.3, -0.25) is 0 Å². The molecule has 6 rings (SSSR count). The summed E-state index contributed by atoms with van der Waals surface area (Å²) in [6, 6.07) is 24.6. The summed E-state index contributed by atoms with van der Waals surface area (Å²) in [4.78, 5) is 11.2. The number of benzene rings is 3. The summed E-state index contributed by atoms with van der Waals surface area (Å²) in [5, 5.41) is 10.3. The van der Waals surface area contributed by atoms with Gasteiger partial charge in [-0.05, 0) is 65.3 Å². The van der Waals surface area contributed by atoms with Crippen LogP contribution in [-0.4, -0.2) is 34.8 Å². The van der Waals surface area contributed by atoms with E-state index in [1.807, 2.05) is 36.4 Å². The third-order valence-electron chi connectivity index (χ3n) is 6.70. The van der Waals surface area contributed by atoms with Crippen LogP contribution in [0.25, 0.3) is 22.0 Å². The molecule has 0 bridgehead atoms. The van der Waals surface area contributed by atoms with Crippen molar-refractivity contribution >= 4 is 16.6 Å². The quantitative estimate of drug-likeness (QED) is 0.515. The number of piperidine rings is 1. The molecule has 2 aliphatic rings. The van der Waals surface area contributed by atoms with Gasteiger partial charge in [0.25, 0.3) is 0 Å². The Bertz CT molecular complexity index is 1210. The average molecular weight is 409 g/mol. The second kappa shape index (κ2) is 7.36. The van der Waals surface area contributed by atoms with Crippen LogP contribution in [0, 0.1) is 17.8 Å². The SMILES string of the molecule is OCC1C2CN(c3ccc(-c4ccc5ncnc(Oc6ccccc6)c5c4)cc3)CC12. The summed E-state index contributed by atoms with van der Waals surface area (Å²) < 4.78 is 6.03. The molecule has 1 saturated carbocycles. The van der Waals surface area contributed by atoms with Gasteiger partial charge in [0.2, 0.25) is 5.88 Å². The van der Waals surface area contributed by atoms with Gasteiger partial charge in [-0.25, -0.2) is 9.97 Å². The molecule has 1 saturated heterocycles. The highest BCUT2D eigenvalue weighted by molar-refractivity contribution is 5.88. The highest BCUT2D eigenvalue weighted by atomic mass is 16.5. The molecule has 2 heterocycles. The number of aliphatic hydroxyl groups is 1. The molecule has 0 radical (unpaired) electrons. The van der Waals surface area contributed by atoms with Gasteiger partial charge in [-0.2, -0.15) is 0 Å². The summed E-state index contributed by atoms with van der Waals surface area (Å²) in [5.41, 5.74) is 4.37. The third kappa shape index (κ3) is 3.31. The Morgan fingerprint density at radius 2 is 1.61 bits per heavy atom. The number of aliphatic hydroxyl groups excluding tert-OH is 1. The number of rotatable bonds is 5. The molecule has 2 unspecified atom stereocenters. The summed E-state index contributed by atoms with van der Waals surface area (Å²) >= 11 is 0. The maximum Gasteiger partial charge on any atom is 0.230 e. The van der Waals surface area contributed by atoms with Crippen LogP contribution in [0.1, 0.15) is 0 Å². The monoisotopic (exact) mass is 409 g/mol. The third-order valence-corrected chi connectivity index (χ3v) is 6.70. The van der Waals surface area contributed by atoms with Gasteiger partial charge in [0, 0.05) is 25.4 Å². The van der Waals surface area contributed by atoms with E-state index < -0.39 is 0 Å². The maximum atomic E-state index is 9.37. The molecule has 1 N–H and O–H groups in total. The average Bonchev–Trinajstić information content (AvgIpc) is 3.30. The van der Waals surface area contributed by atoms with Crippen LogP contribution in [0.2, 0.25) is 0 Å². The number of nitrogens with zero attached hydrogens (tertiary/aromatic N) is 3. The van der Waals surface area contributed by atoms with Crippen molar-refractivity contribution < 1.29 is 9.84 Å². The number of para-hydroxylation sites is 1. The minimum absolute atomic E-state index is 0.337. The Balaban J connectivity index is 1.27. The largest absolute Gasteiger partial charge is 0.438 e. The number of ether oxygens (including phenoxy) is 1. The van der Waals surface area contributed by atoms with Crippen molar-refractivity contribution in [1.29, 1.82) is 0 Å². The van der Waals surface area contributed by atoms with Crippen LogP contribution in [0.3, 0.4) is 0 Å². The van der Waals surface area contributed by atoms with Crippen molar-refractivity contribution in [2.45, 2.75) is 0 Å². The van der Waals surface area contributed by atoms with Gasteiger partial charge in [0.1, 0.15) is 12.1 Å². The van der Waals surface area contributed by atoms with Crippen molar-refractivity contribution in [2.24, 2.45) is 17.8 Å². The van der Waals surface area contributed by atoms with E-state index in [9.17, 15) is 5.11 Å². The Kier molecular flexibility index (Phi) is 4.35. The van der Waals surface area contributed by atoms with E-state index in [-0.39, 0.29) is 0 Å². The van der Waals surface area contributed by atoms with E-state index >= 15 is 0 Å². The van der Waals surface area contributed by atoms with Crippen molar-refractivity contribution in [2.75, 3.05) is 24.6 Å². The van der Waals surface area contributed by atoms with E-state index in [1.54, 1.807) is 0 Å². The van der Waals surface area contributed by atoms with Crippen molar-refractivity contribution in [3.63, 3.8) is 0 Å². The molecule has 1 aliphatic heterocycles. The van der Waals surface area contributed by atoms with Crippen LogP contribution >= 0.6 is 0 Å². The molecule has 0 spiro atoms. The van der Waals surface area contributed by atoms with E-state index in [2.05, 4.69) is 51.3 Å². The zero-order valence-corrected chi connectivity index (χ0v) is 17.1. The Hall–Kier alpha value is -3.44. The molecule has 1 aromatic heterocycles. The molecule has 3 aromatic carbocycles. The lowest BCUT2D eigenvalue weighted by Crippen LogP contribution is -2.24. The van der Waals surface area contributed by atoms with Crippen molar-refractivity contribution in [3.8, 4) is 22.8 Å². The Morgan fingerprint density at radius 1 is 0.871 bits per heavy atom. The van der Waals surface area contributed by atoms with E-state index in [0.717, 1.165) is 40.9 Å². The van der Waals surface area contributed by atoms with E-state index in [4.69, 9.17) is 4.74 Å². The van der Waals surface area contributed by atoms with Crippen LogP contribution in [0.15, 0.2) is 79.1 Å². The second-order valence-electron chi connectivity index (χ2n) is 8.45. The lowest BCUT2D eigenvalue weighted by Gasteiger charge is -2.22. The lowest BCUT2D eigenvalue weighted by molar-refractivity contribution is 0.260. The van der Waals surface area contributed by atoms with Gasteiger partial charge in [0.15, 0.2) is 0 Å². The van der Waals surface area contributed by atoms with Gasteiger partial charge in [-0.15, -0.1) is 0 Å². The standard InChI is InChI=1S/C26H23N3O2/c30-15-24-22-13-29(14-23(22)24)19-9-6-17(7-10-19)18-8-11-25-21(12-18)26(28-16-27-25)31-20-4-2-1-3-5-20/h1-12,16,22-24,30H,13-15H2. The first-order valence-electron chi connectivity index (χ1n) is 10.7. The first-order chi connectivity index (χ1) is 15.3. The zero-order valence-electron chi connectivity index (χ0n) is 17.1. The lowest BCUT2D eigenvalue weighted by atomic mass is 10.0. The molecule has 5 nitrogen and oxygen atoms in total. The first-order valence-corrected chi connectivity index (χ1v) is 10.7. The fourth-order valence-electron chi connectivity index (χ4n) is 4.89. The first kappa shape index (κ1) is 18.3.